The third-order valence-electron chi connectivity index (χ3n) is 5.00. The van der Waals surface area contributed by atoms with E-state index in [1.165, 1.54) is 5.56 Å². The second kappa shape index (κ2) is 8.18. The normalized spacial score (nSPS) is 11.7. The van der Waals surface area contributed by atoms with E-state index in [4.69, 9.17) is 10.1 Å². The van der Waals surface area contributed by atoms with E-state index in [0.29, 0.717) is 5.82 Å². The molecule has 0 aliphatic heterocycles. The summed E-state index contributed by atoms with van der Waals surface area (Å²) in [6.45, 7) is 9.50. The molecule has 7 nitrogen and oxygen atoms in total. The van der Waals surface area contributed by atoms with Gasteiger partial charge in [0.15, 0.2) is 5.82 Å². The average molecular weight is 402 g/mol. The maximum Gasteiger partial charge on any atom is 0.205 e. The molecule has 0 aliphatic carbocycles. The first kappa shape index (κ1) is 19.9. The first-order chi connectivity index (χ1) is 14.5. The predicted octanol–water partition coefficient (Wildman–Crippen LogP) is 4.42. The molecule has 0 unspecified atom stereocenters. The van der Waals surface area contributed by atoms with Crippen molar-refractivity contribution in [3.8, 4) is 22.5 Å². The van der Waals surface area contributed by atoms with E-state index in [2.05, 4.69) is 83.3 Å². The number of benzene rings is 2. The largest absolute Gasteiger partial charge is 0.249 e. The summed E-state index contributed by atoms with van der Waals surface area (Å²) in [5, 5.41) is 19.2. The molecule has 0 fully saturated rings. The number of nitrogens with one attached hydrogen (secondary N) is 1. The SMILES string of the molecule is CCCn1nc(C(C)(C)C)nc1Cc1ccc(-c2ccccc2-c2nn[nH]n2)cc1. The summed E-state index contributed by atoms with van der Waals surface area (Å²) in [4.78, 5) is 4.85. The minimum absolute atomic E-state index is 0.0591. The molecule has 154 valence electrons. The van der Waals surface area contributed by atoms with Crippen LogP contribution in [-0.4, -0.2) is 35.4 Å². The van der Waals surface area contributed by atoms with Crippen LogP contribution in [0.2, 0.25) is 0 Å². The van der Waals surface area contributed by atoms with Gasteiger partial charge in [0.25, 0.3) is 0 Å². The Labute approximate surface area is 176 Å². The van der Waals surface area contributed by atoms with E-state index in [-0.39, 0.29) is 5.41 Å². The van der Waals surface area contributed by atoms with Gasteiger partial charge in [0.05, 0.1) is 0 Å². The summed E-state index contributed by atoms with van der Waals surface area (Å²) in [6.07, 6.45) is 1.79. The highest BCUT2D eigenvalue weighted by Gasteiger charge is 2.21. The van der Waals surface area contributed by atoms with Crippen molar-refractivity contribution in [1.29, 1.82) is 0 Å². The summed E-state index contributed by atoms with van der Waals surface area (Å²) in [5.74, 6) is 2.51. The molecule has 4 rings (SSSR count). The number of nitrogens with zero attached hydrogens (tertiary/aromatic N) is 6. The van der Waals surface area contributed by atoms with Crippen LogP contribution in [0.25, 0.3) is 22.5 Å². The van der Waals surface area contributed by atoms with Crippen molar-refractivity contribution in [3.05, 3.63) is 65.7 Å². The van der Waals surface area contributed by atoms with Gasteiger partial charge in [-0.2, -0.15) is 10.3 Å². The van der Waals surface area contributed by atoms with Gasteiger partial charge in [-0.25, -0.2) is 9.67 Å². The summed E-state index contributed by atoms with van der Waals surface area (Å²) in [7, 11) is 0. The number of tetrazole rings is 1. The van der Waals surface area contributed by atoms with Crippen LogP contribution in [0.4, 0.5) is 0 Å². The van der Waals surface area contributed by atoms with Gasteiger partial charge in [-0.15, -0.1) is 10.2 Å². The molecule has 30 heavy (non-hydrogen) atoms. The Kier molecular flexibility index (Phi) is 5.44. The molecule has 4 aromatic rings. The fraction of sp³-hybridized carbons (Fsp3) is 0.348. The van der Waals surface area contributed by atoms with Crippen molar-refractivity contribution in [1.82, 2.24) is 35.4 Å². The molecule has 2 aromatic heterocycles. The summed E-state index contributed by atoms with van der Waals surface area (Å²) < 4.78 is 2.06. The maximum atomic E-state index is 4.85. The Hall–Kier alpha value is -3.35. The van der Waals surface area contributed by atoms with Crippen LogP contribution >= 0.6 is 0 Å². The highest BCUT2D eigenvalue weighted by molar-refractivity contribution is 5.80. The van der Waals surface area contributed by atoms with Crippen LogP contribution in [0.15, 0.2) is 48.5 Å². The third-order valence-corrected chi connectivity index (χ3v) is 5.00. The molecule has 0 amide bonds. The van der Waals surface area contributed by atoms with Crippen LogP contribution in [0.1, 0.15) is 51.3 Å². The van der Waals surface area contributed by atoms with Crippen molar-refractivity contribution < 1.29 is 0 Å². The van der Waals surface area contributed by atoms with Gasteiger partial charge in [-0.1, -0.05) is 76.2 Å². The number of hydrogen-bond donors (Lipinski definition) is 1. The summed E-state index contributed by atoms with van der Waals surface area (Å²) in [5.41, 5.74) is 4.30. The molecule has 1 N–H and O–H groups in total. The standard InChI is InChI=1S/C23H27N7/c1-5-14-30-20(24-22(27-30)23(2,3)4)15-16-10-12-17(13-11-16)18-8-6-7-9-19(18)21-25-28-29-26-21/h6-13H,5,14-15H2,1-4H3,(H,25,26,28,29). The highest BCUT2D eigenvalue weighted by Crippen LogP contribution is 2.30. The van der Waals surface area contributed by atoms with Crippen LogP contribution in [0.3, 0.4) is 0 Å². The lowest BCUT2D eigenvalue weighted by molar-refractivity contribution is 0.518. The Bertz CT molecular complexity index is 1100. The quantitative estimate of drug-likeness (QED) is 0.517. The van der Waals surface area contributed by atoms with E-state index in [9.17, 15) is 0 Å². The van der Waals surface area contributed by atoms with Gasteiger partial charge >= 0.3 is 0 Å². The van der Waals surface area contributed by atoms with Crippen LogP contribution in [-0.2, 0) is 18.4 Å². The number of hydrogen-bond acceptors (Lipinski definition) is 5. The average Bonchev–Trinajstić information content (AvgIpc) is 3.39. The number of rotatable bonds is 6. The van der Waals surface area contributed by atoms with Gasteiger partial charge in [0.1, 0.15) is 5.82 Å². The molecule has 0 atom stereocenters. The molecule has 0 spiro atoms. The molecule has 2 aromatic carbocycles. The van der Waals surface area contributed by atoms with E-state index in [1.807, 2.05) is 18.2 Å². The smallest absolute Gasteiger partial charge is 0.205 e. The number of aromatic amines is 1. The molecule has 0 radical (unpaired) electrons. The number of H-pyrrole nitrogens is 1. The first-order valence-electron chi connectivity index (χ1n) is 10.3. The molecule has 0 bridgehead atoms. The molecular weight excluding hydrogens is 374 g/mol. The van der Waals surface area contributed by atoms with Crippen molar-refractivity contribution >= 4 is 0 Å². The second-order valence-corrected chi connectivity index (χ2v) is 8.48. The zero-order valence-corrected chi connectivity index (χ0v) is 17.9. The third kappa shape index (κ3) is 4.15. The van der Waals surface area contributed by atoms with E-state index < -0.39 is 0 Å². The van der Waals surface area contributed by atoms with Crippen molar-refractivity contribution in [3.63, 3.8) is 0 Å². The van der Waals surface area contributed by atoms with Gasteiger partial charge in [0.2, 0.25) is 5.82 Å². The van der Waals surface area contributed by atoms with Crippen molar-refractivity contribution in [2.45, 2.75) is 52.5 Å². The molecule has 0 aliphatic rings. The minimum Gasteiger partial charge on any atom is -0.249 e. The van der Waals surface area contributed by atoms with Gasteiger partial charge in [0, 0.05) is 23.9 Å². The zero-order valence-electron chi connectivity index (χ0n) is 17.9. The van der Waals surface area contributed by atoms with Crippen LogP contribution in [0, 0.1) is 0 Å². The zero-order chi connectivity index (χ0) is 21.1. The molecule has 0 saturated carbocycles. The number of aryl methyl sites for hydroxylation is 1. The second-order valence-electron chi connectivity index (χ2n) is 8.48. The van der Waals surface area contributed by atoms with E-state index in [1.54, 1.807) is 0 Å². The van der Waals surface area contributed by atoms with Gasteiger partial charge in [-0.05, 0) is 28.3 Å². The van der Waals surface area contributed by atoms with Crippen molar-refractivity contribution in [2.75, 3.05) is 0 Å². The van der Waals surface area contributed by atoms with Gasteiger partial charge < -0.3 is 0 Å². The first-order valence-corrected chi connectivity index (χ1v) is 10.3. The van der Waals surface area contributed by atoms with Crippen LogP contribution in [0.5, 0.6) is 0 Å². The summed E-state index contributed by atoms with van der Waals surface area (Å²) >= 11 is 0. The van der Waals surface area contributed by atoms with Crippen molar-refractivity contribution in [2.24, 2.45) is 0 Å². The molecule has 7 heteroatoms. The Morgan fingerprint density at radius 3 is 2.33 bits per heavy atom. The molecule has 2 heterocycles. The highest BCUT2D eigenvalue weighted by atomic mass is 15.5. The van der Waals surface area contributed by atoms with E-state index >= 15 is 0 Å². The fourth-order valence-electron chi connectivity index (χ4n) is 3.40. The lowest BCUT2D eigenvalue weighted by Crippen LogP contribution is -2.14. The minimum atomic E-state index is -0.0591. The Morgan fingerprint density at radius 2 is 1.70 bits per heavy atom. The van der Waals surface area contributed by atoms with Crippen LogP contribution < -0.4 is 0 Å². The lowest BCUT2D eigenvalue weighted by atomic mass is 9.96. The molecule has 0 saturated heterocycles. The topological polar surface area (TPSA) is 85.2 Å². The maximum absolute atomic E-state index is 4.85. The Balaban J connectivity index is 1.61. The monoisotopic (exact) mass is 401 g/mol. The Morgan fingerprint density at radius 1 is 0.967 bits per heavy atom. The lowest BCUT2D eigenvalue weighted by Gasteiger charge is -2.12. The van der Waals surface area contributed by atoms with Gasteiger partial charge in [-0.3, -0.25) is 0 Å². The van der Waals surface area contributed by atoms with E-state index in [0.717, 1.165) is 47.7 Å². The summed E-state index contributed by atoms with van der Waals surface area (Å²) in [6, 6.07) is 16.7. The molecular formula is C23H27N7. The predicted molar refractivity (Wildman–Crippen MR) is 117 cm³/mol. The number of aromatic nitrogens is 7. The fourth-order valence-corrected chi connectivity index (χ4v) is 3.40.